The van der Waals surface area contributed by atoms with Crippen molar-refractivity contribution >= 4 is 23.3 Å². The van der Waals surface area contributed by atoms with Gasteiger partial charge in [0.05, 0.1) is 17.7 Å². The SMILES string of the molecule is C[C@@H]1CC(O)c2ncnc(N3CCN(C(=O)[C@H](CN4CCN(CC5CCNCC5)CC4)c4ccc(Cl)cc4)CC3)c21. The van der Waals surface area contributed by atoms with E-state index in [9.17, 15) is 9.90 Å². The molecule has 41 heavy (non-hydrogen) atoms. The van der Waals surface area contributed by atoms with Gasteiger partial charge >= 0.3 is 0 Å². The van der Waals surface area contributed by atoms with E-state index >= 15 is 0 Å². The fourth-order valence-electron chi connectivity index (χ4n) is 7.18. The van der Waals surface area contributed by atoms with E-state index in [0.717, 1.165) is 87.5 Å². The van der Waals surface area contributed by atoms with Crippen molar-refractivity contribution in [3.05, 3.63) is 52.4 Å². The van der Waals surface area contributed by atoms with Crippen LogP contribution in [0.2, 0.25) is 5.02 Å². The van der Waals surface area contributed by atoms with Crippen molar-refractivity contribution in [1.82, 2.24) is 30.0 Å². The second-order valence-electron chi connectivity index (χ2n) is 12.4. The number of carbonyl (C=O) groups excluding carboxylic acids is 1. The number of carbonyl (C=O) groups is 1. The molecule has 0 saturated carbocycles. The van der Waals surface area contributed by atoms with Crippen molar-refractivity contribution < 1.29 is 9.90 Å². The van der Waals surface area contributed by atoms with Gasteiger partial charge in [-0.25, -0.2) is 9.97 Å². The number of fused-ring (bicyclic) bond motifs is 1. The van der Waals surface area contributed by atoms with Crippen LogP contribution in [0, 0.1) is 5.92 Å². The summed E-state index contributed by atoms with van der Waals surface area (Å²) in [5.41, 5.74) is 2.87. The number of rotatable bonds is 7. The number of amides is 1. The monoisotopic (exact) mass is 581 g/mol. The molecule has 0 radical (unpaired) electrons. The predicted molar refractivity (Wildman–Crippen MR) is 161 cm³/mol. The van der Waals surface area contributed by atoms with Crippen molar-refractivity contribution in [3.63, 3.8) is 0 Å². The summed E-state index contributed by atoms with van der Waals surface area (Å²) in [6.07, 6.45) is 4.29. The Balaban J connectivity index is 1.09. The van der Waals surface area contributed by atoms with Gasteiger partial charge in [-0.1, -0.05) is 30.7 Å². The first-order chi connectivity index (χ1) is 20.0. The van der Waals surface area contributed by atoms with Gasteiger partial charge in [0, 0.05) is 76.0 Å². The van der Waals surface area contributed by atoms with E-state index in [0.29, 0.717) is 24.5 Å². The number of nitrogens with one attached hydrogen (secondary N) is 1. The van der Waals surface area contributed by atoms with Crippen LogP contribution in [0.1, 0.15) is 60.9 Å². The standard InChI is InChI=1S/C31H44ClN7O2/c1-22-18-27(40)29-28(22)30(35-21-34-29)38-14-16-39(17-15-38)31(41)26(24-2-4-25(32)5-3-24)20-37-12-10-36(11-13-37)19-23-6-8-33-9-7-23/h2-5,21-23,26-27,33,40H,6-20H2,1H3/t22-,26-,27?/m1/s1. The topological polar surface area (TPSA) is 88.1 Å². The number of hydrogen-bond acceptors (Lipinski definition) is 8. The van der Waals surface area contributed by atoms with Crippen LogP contribution in [0.3, 0.4) is 0 Å². The van der Waals surface area contributed by atoms with Gasteiger partial charge in [0.1, 0.15) is 12.1 Å². The smallest absolute Gasteiger partial charge is 0.231 e. The first-order valence-corrected chi connectivity index (χ1v) is 15.8. The zero-order valence-corrected chi connectivity index (χ0v) is 25.0. The summed E-state index contributed by atoms with van der Waals surface area (Å²) >= 11 is 6.22. The van der Waals surface area contributed by atoms with Crippen LogP contribution < -0.4 is 10.2 Å². The molecule has 2 aromatic rings. The van der Waals surface area contributed by atoms with Gasteiger partial charge in [0.15, 0.2) is 0 Å². The molecule has 4 heterocycles. The van der Waals surface area contributed by atoms with Gasteiger partial charge in [-0.15, -0.1) is 0 Å². The van der Waals surface area contributed by atoms with Crippen LogP contribution in [0.5, 0.6) is 0 Å². The number of piperidine rings is 1. The highest BCUT2D eigenvalue weighted by Gasteiger charge is 2.35. The van der Waals surface area contributed by atoms with Crippen molar-refractivity contribution in [1.29, 1.82) is 0 Å². The maximum absolute atomic E-state index is 14.1. The Hall–Kier alpha value is -2.30. The summed E-state index contributed by atoms with van der Waals surface area (Å²) in [4.78, 5) is 32.5. The highest BCUT2D eigenvalue weighted by molar-refractivity contribution is 6.30. The van der Waals surface area contributed by atoms with E-state index in [1.165, 1.54) is 19.4 Å². The largest absolute Gasteiger partial charge is 0.387 e. The van der Waals surface area contributed by atoms with Gasteiger partial charge in [0.2, 0.25) is 5.91 Å². The molecule has 1 aromatic heterocycles. The molecule has 3 saturated heterocycles. The number of nitrogens with zero attached hydrogens (tertiary/aromatic N) is 6. The molecule has 1 aromatic carbocycles. The Morgan fingerprint density at radius 2 is 1.68 bits per heavy atom. The Kier molecular flexibility index (Phi) is 9.07. The molecule has 3 fully saturated rings. The number of hydrogen-bond donors (Lipinski definition) is 2. The molecular weight excluding hydrogens is 538 g/mol. The van der Waals surface area contributed by atoms with Crippen LogP contribution >= 0.6 is 11.6 Å². The molecule has 6 rings (SSSR count). The molecule has 1 amide bonds. The molecule has 1 aliphatic carbocycles. The highest BCUT2D eigenvalue weighted by Crippen LogP contribution is 2.42. The summed E-state index contributed by atoms with van der Waals surface area (Å²) in [5, 5.41) is 14.6. The van der Waals surface area contributed by atoms with E-state index in [-0.39, 0.29) is 17.7 Å². The van der Waals surface area contributed by atoms with E-state index in [1.54, 1.807) is 6.33 Å². The normalized spacial score (nSPS) is 25.3. The maximum Gasteiger partial charge on any atom is 0.231 e. The third kappa shape index (κ3) is 6.54. The van der Waals surface area contributed by atoms with Gasteiger partial charge in [-0.05, 0) is 61.9 Å². The van der Waals surface area contributed by atoms with Gasteiger partial charge in [-0.3, -0.25) is 9.69 Å². The molecule has 4 aliphatic rings. The fraction of sp³-hybridized carbons (Fsp3) is 0.645. The van der Waals surface area contributed by atoms with E-state index in [2.05, 4.69) is 36.9 Å². The molecule has 3 aliphatic heterocycles. The minimum absolute atomic E-state index is 0.195. The van der Waals surface area contributed by atoms with E-state index in [4.69, 9.17) is 11.6 Å². The number of aliphatic hydroxyl groups excluding tert-OH is 1. The first kappa shape index (κ1) is 28.8. The van der Waals surface area contributed by atoms with Crippen LogP contribution in [-0.2, 0) is 4.79 Å². The fourth-order valence-corrected chi connectivity index (χ4v) is 7.30. The third-order valence-electron chi connectivity index (χ3n) is 9.62. The zero-order chi connectivity index (χ0) is 28.3. The van der Waals surface area contributed by atoms with E-state index in [1.807, 2.05) is 29.2 Å². The summed E-state index contributed by atoms with van der Waals surface area (Å²) in [5.74, 6) is 1.93. The van der Waals surface area contributed by atoms with E-state index < -0.39 is 6.10 Å². The third-order valence-corrected chi connectivity index (χ3v) is 9.87. The van der Waals surface area contributed by atoms with Crippen LogP contribution in [0.15, 0.2) is 30.6 Å². The Bertz CT molecular complexity index is 1180. The lowest BCUT2D eigenvalue weighted by Gasteiger charge is -2.40. The average molecular weight is 582 g/mol. The quantitative estimate of drug-likeness (QED) is 0.516. The lowest BCUT2D eigenvalue weighted by molar-refractivity contribution is -0.133. The molecule has 3 atom stereocenters. The molecule has 1 unspecified atom stereocenters. The lowest BCUT2D eigenvalue weighted by atomic mass is 9.95. The minimum Gasteiger partial charge on any atom is -0.387 e. The number of anilines is 1. The summed E-state index contributed by atoms with van der Waals surface area (Å²) in [6.45, 7) is 13.3. The Labute approximate surface area is 248 Å². The van der Waals surface area contributed by atoms with Gasteiger partial charge in [0.25, 0.3) is 0 Å². The summed E-state index contributed by atoms with van der Waals surface area (Å²) < 4.78 is 0. The number of aliphatic hydroxyl groups is 1. The predicted octanol–water partition coefficient (Wildman–Crippen LogP) is 2.72. The van der Waals surface area contributed by atoms with Crippen molar-refractivity contribution in [3.8, 4) is 0 Å². The molecule has 9 nitrogen and oxygen atoms in total. The molecular formula is C31H44ClN7O2. The van der Waals surface area contributed by atoms with Gasteiger partial charge < -0.3 is 25.1 Å². The molecule has 2 N–H and O–H groups in total. The summed E-state index contributed by atoms with van der Waals surface area (Å²) in [6, 6.07) is 7.84. The zero-order valence-electron chi connectivity index (χ0n) is 24.2. The minimum atomic E-state index is -0.517. The lowest BCUT2D eigenvalue weighted by Crippen LogP contribution is -2.53. The number of halogens is 1. The van der Waals surface area contributed by atoms with Crippen LogP contribution in [0.4, 0.5) is 5.82 Å². The highest BCUT2D eigenvalue weighted by atomic mass is 35.5. The molecule has 222 valence electrons. The molecule has 0 bridgehead atoms. The Morgan fingerprint density at radius 1 is 1.00 bits per heavy atom. The van der Waals surface area contributed by atoms with Crippen molar-refractivity contribution in [2.45, 2.75) is 44.1 Å². The number of benzene rings is 1. The Morgan fingerprint density at radius 3 is 2.39 bits per heavy atom. The number of aromatic nitrogens is 2. The van der Waals surface area contributed by atoms with Crippen molar-refractivity contribution in [2.75, 3.05) is 83.4 Å². The van der Waals surface area contributed by atoms with Gasteiger partial charge in [-0.2, -0.15) is 0 Å². The first-order valence-electron chi connectivity index (χ1n) is 15.4. The molecule has 0 spiro atoms. The average Bonchev–Trinajstić information content (AvgIpc) is 3.30. The second-order valence-corrected chi connectivity index (χ2v) is 12.8. The second kappa shape index (κ2) is 12.9. The van der Waals surface area contributed by atoms with Crippen LogP contribution in [0.25, 0.3) is 0 Å². The molecule has 10 heteroatoms. The summed E-state index contributed by atoms with van der Waals surface area (Å²) in [7, 11) is 0. The maximum atomic E-state index is 14.1. The van der Waals surface area contributed by atoms with Crippen LogP contribution in [-0.4, -0.2) is 114 Å². The number of piperazine rings is 2. The van der Waals surface area contributed by atoms with Crippen molar-refractivity contribution in [2.24, 2.45) is 5.92 Å².